The normalized spacial score (nSPS) is 15.6. The number of carboxylic acids is 1. The molecule has 6 heteroatoms. The largest absolute Gasteiger partial charge is 0.478 e. The highest BCUT2D eigenvalue weighted by Gasteiger charge is 2.32. The van der Waals surface area contributed by atoms with Crippen molar-refractivity contribution in [3.63, 3.8) is 0 Å². The van der Waals surface area contributed by atoms with Crippen LogP contribution in [0.15, 0.2) is 36.7 Å². The Morgan fingerprint density at radius 3 is 2.19 bits per heavy atom. The quantitative estimate of drug-likeness (QED) is 0.896. The number of carboxylic acid groups (broad SMARTS) is 1. The van der Waals surface area contributed by atoms with E-state index >= 15 is 0 Å². The fraction of sp³-hybridized carbons (Fsp3) is 0.429. The maximum Gasteiger partial charge on any atom is 0.335 e. The van der Waals surface area contributed by atoms with Crippen LogP contribution in [0.2, 0.25) is 0 Å². The second-order valence-corrected chi connectivity index (χ2v) is 7.99. The number of carbonyl (C=O) groups is 2. The zero-order valence-electron chi connectivity index (χ0n) is 16.0. The van der Waals surface area contributed by atoms with Crippen molar-refractivity contribution >= 4 is 11.9 Å². The highest BCUT2D eigenvalue weighted by atomic mass is 16.4. The first-order valence-electron chi connectivity index (χ1n) is 9.21. The first-order valence-corrected chi connectivity index (χ1v) is 9.21. The first kappa shape index (κ1) is 19.0. The van der Waals surface area contributed by atoms with Crippen molar-refractivity contribution in [1.29, 1.82) is 0 Å². The van der Waals surface area contributed by atoms with Gasteiger partial charge in [0.1, 0.15) is 0 Å². The lowest BCUT2D eigenvalue weighted by Crippen LogP contribution is -2.43. The summed E-state index contributed by atoms with van der Waals surface area (Å²) in [7, 11) is 0. The molecule has 1 fully saturated rings. The summed E-state index contributed by atoms with van der Waals surface area (Å²) in [6.07, 6.45) is 5.04. The summed E-state index contributed by atoms with van der Waals surface area (Å²) in [6.45, 7) is 7.28. The number of amides is 1. The lowest BCUT2D eigenvalue weighted by atomic mass is 9.88. The van der Waals surface area contributed by atoms with E-state index in [4.69, 9.17) is 5.11 Å². The molecule has 0 atom stereocenters. The summed E-state index contributed by atoms with van der Waals surface area (Å²) >= 11 is 0. The molecule has 0 aliphatic carbocycles. The molecule has 1 saturated heterocycles. The Morgan fingerprint density at radius 2 is 1.63 bits per heavy atom. The zero-order valence-corrected chi connectivity index (χ0v) is 16.0. The van der Waals surface area contributed by atoms with Gasteiger partial charge in [-0.1, -0.05) is 32.9 Å². The highest BCUT2D eigenvalue weighted by molar-refractivity contribution is 5.88. The Kier molecular flexibility index (Phi) is 5.26. The summed E-state index contributed by atoms with van der Waals surface area (Å²) in [5, 5.41) is 9.07. The average Bonchev–Trinajstić information content (AvgIpc) is 2.67. The van der Waals surface area contributed by atoms with Gasteiger partial charge in [0.2, 0.25) is 5.91 Å². The molecule has 142 valence electrons. The van der Waals surface area contributed by atoms with Crippen molar-refractivity contribution < 1.29 is 14.7 Å². The van der Waals surface area contributed by atoms with Crippen LogP contribution in [0.25, 0.3) is 11.3 Å². The minimum absolute atomic E-state index is 0.185. The molecule has 0 saturated carbocycles. The van der Waals surface area contributed by atoms with Crippen molar-refractivity contribution in [3.8, 4) is 11.3 Å². The Hall–Kier alpha value is -2.76. The minimum atomic E-state index is -0.947. The molecule has 1 amide bonds. The van der Waals surface area contributed by atoms with Gasteiger partial charge < -0.3 is 10.0 Å². The van der Waals surface area contributed by atoms with Gasteiger partial charge >= 0.3 is 5.97 Å². The van der Waals surface area contributed by atoms with Crippen molar-refractivity contribution in [2.45, 2.75) is 39.5 Å². The summed E-state index contributed by atoms with van der Waals surface area (Å²) in [5.41, 5.74) is 2.45. The maximum absolute atomic E-state index is 12.5. The van der Waals surface area contributed by atoms with Gasteiger partial charge in [0.15, 0.2) is 0 Å². The molecule has 1 N–H and O–H groups in total. The highest BCUT2D eigenvalue weighted by Crippen LogP contribution is 2.33. The lowest BCUT2D eigenvalue weighted by molar-refractivity contribution is -0.140. The van der Waals surface area contributed by atoms with E-state index in [1.807, 2.05) is 25.7 Å². The van der Waals surface area contributed by atoms with Crippen molar-refractivity contribution in [2.75, 3.05) is 13.1 Å². The van der Waals surface area contributed by atoms with Gasteiger partial charge in [0.05, 0.1) is 17.0 Å². The molecule has 0 spiro atoms. The fourth-order valence-corrected chi connectivity index (χ4v) is 3.47. The Balaban J connectivity index is 1.79. The number of likely N-dealkylation sites (tertiary alicyclic amines) is 1. The Labute approximate surface area is 159 Å². The fourth-order valence-electron chi connectivity index (χ4n) is 3.47. The van der Waals surface area contributed by atoms with E-state index in [0.29, 0.717) is 0 Å². The van der Waals surface area contributed by atoms with Crippen LogP contribution in [0.5, 0.6) is 0 Å². The molecule has 3 rings (SSSR count). The van der Waals surface area contributed by atoms with E-state index in [-0.39, 0.29) is 22.8 Å². The van der Waals surface area contributed by atoms with E-state index in [0.717, 1.165) is 42.9 Å². The summed E-state index contributed by atoms with van der Waals surface area (Å²) in [4.78, 5) is 34.6. The SMILES string of the molecule is CC(C)(C)C(=O)N1CCC(c2nccnc2-c2ccc(C(=O)O)cc2)CC1. The second kappa shape index (κ2) is 7.47. The Morgan fingerprint density at radius 1 is 1.04 bits per heavy atom. The molecular formula is C21H25N3O3. The van der Waals surface area contributed by atoms with Crippen molar-refractivity contribution in [1.82, 2.24) is 14.9 Å². The number of aromatic carboxylic acids is 1. The molecule has 2 heterocycles. The maximum atomic E-state index is 12.5. The van der Waals surface area contributed by atoms with Gasteiger partial charge in [-0.3, -0.25) is 14.8 Å². The first-order chi connectivity index (χ1) is 12.8. The molecule has 0 bridgehead atoms. The molecule has 27 heavy (non-hydrogen) atoms. The number of carbonyl (C=O) groups excluding carboxylic acids is 1. The summed E-state index contributed by atoms with van der Waals surface area (Å²) in [6, 6.07) is 6.71. The van der Waals surface area contributed by atoms with Gasteiger partial charge in [0, 0.05) is 42.4 Å². The van der Waals surface area contributed by atoms with Crippen LogP contribution < -0.4 is 0 Å². The molecule has 0 radical (unpaired) electrons. The monoisotopic (exact) mass is 367 g/mol. The van der Waals surface area contributed by atoms with Gasteiger partial charge in [-0.05, 0) is 25.0 Å². The average molecular weight is 367 g/mol. The number of hydrogen-bond acceptors (Lipinski definition) is 4. The van der Waals surface area contributed by atoms with Crippen LogP contribution in [0.1, 0.15) is 55.6 Å². The molecule has 1 aliphatic rings. The van der Waals surface area contributed by atoms with E-state index in [1.54, 1.807) is 36.7 Å². The van der Waals surface area contributed by atoms with E-state index in [2.05, 4.69) is 9.97 Å². The van der Waals surface area contributed by atoms with E-state index in [9.17, 15) is 9.59 Å². The molecule has 1 aliphatic heterocycles. The topological polar surface area (TPSA) is 83.4 Å². The van der Waals surface area contributed by atoms with Gasteiger partial charge in [-0.2, -0.15) is 0 Å². The second-order valence-electron chi connectivity index (χ2n) is 7.99. The number of nitrogens with zero attached hydrogens (tertiary/aromatic N) is 3. The van der Waals surface area contributed by atoms with Crippen LogP contribution in [0.3, 0.4) is 0 Å². The molecule has 0 unspecified atom stereocenters. The Bertz CT molecular complexity index is 832. The third kappa shape index (κ3) is 4.15. The van der Waals surface area contributed by atoms with Crippen molar-refractivity contribution in [2.24, 2.45) is 5.41 Å². The summed E-state index contributed by atoms with van der Waals surface area (Å²) < 4.78 is 0. The van der Waals surface area contributed by atoms with Gasteiger partial charge in [-0.25, -0.2) is 4.79 Å². The predicted octanol–water partition coefficient (Wildman–Crippen LogP) is 3.59. The number of aromatic nitrogens is 2. The van der Waals surface area contributed by atoms with E-state index < -0.39 is 5.97 Å². The smallest absolute Gasteiger partial charge is 0.335 e. The van der Waals surface area contributed by atoms with Gasteiger partial charge in [0.25, 0.3) is 0 Å². The standard InChI is InChI=1S/C21H25N3O3/c1-21(2,3)20(27)24-12-8-15(9-13-24)18-17(22-10-11-23-18)14-4-6-16(7-5-14)19(25)26/h4-7,10-11,15H,8-9,12-13H2,1-3H3,(H,25,26). The minimum Gasteiger partial charge on any atom is -0.478 e. The number of benzene rings is 1. The predicted molar refractivity (Wildman–Crippen MR) is 102 cm³/mol. The number of piperidine rings is 1. The van der Waals surface area contributed by atoms with E-state index in [1.165, 1.54) is 0 Å². The van der Waals surface area contributed by atoms with Crippen molar-refractivity contribution in [3.05, 3.63) is 47.9 Å². The van der Waals surface area contributed by atoms with Crippen LogP contribution in [0, 0.1) is 5.41 Å². The van der Waals surface area contributed by atoms with Gasteiger partial charge in [-0.15, -0.1) is 0 Å². The molecule has 1 aromatic carbocycles. The zero-order chi connectivity index (χ0) is 19.6. The van der Waals surface area contributed by atoms with Crippen LogP contribution in [0.4, 0.5) is 0 Å². The molecule has 2 aromatic rings. The van der Waals surface area contributed by atoms with Crippen LogP contribution in [-0.2, 0) is 4.79 Å². The number of hydrogen-bond donors (Lipinski definition) is 1. The third-order valence-electron chi connectivity index (χ3n) is 4.94. The summed E-state index contributed by atoms with van der Waals surface area (Å²) in [5.74, 6) is -0.529. The molecule has 6 nitrogen and oxygen atoms in total. The number of rotatable bonds is 3. The van der Waals surface area contributed by atoms with Crippen LogP contribution >= 0.6 is 0 Å². The molecule has 1 aromatic heterocycles. The van der Waals surface area contributed by atoms with Crippen LogP contribution in [-0.4, -0.2) is 44.9 Å². The lowest BCUT2D eigenvalue weighted by Gasteiger charge is -2.35. The third-order valence-corrected chi connectivity index (χ3v) is 4.94. The molecular weight excluding hydrogens is 342 g/mol.